The zero-order chi connectivity index (χ0) is 14.0. The van der Waals surface area contributed by atoms with Crippen LogP contribution in [0.5, 0.6) is 5.88 Å². The second kappa shape index (κ2) is 5.20. The van der Waals surface area contributed by atoms with Crippen molar-refractivity contribution in [3.05, 3.63) is 6.33 Å². The summed E-state index contributed by atoms with van der Waals surface area (Å²) in [6.07, 6.45) is 1.38. The van der Waals surface area contributed by atoms with Crippen molar-refractivity contribution >= 4 is 21.3 Å². The SMILES string of the molecule is CCOc1ncnc(N2CCS(=O)(=O)CC2C)c1N. The lowest BCUT2D eigenvalue weighted by Crippen LogP contribution is -2.47. The third-order valence-electron chi connectivity index (χ3n) is 3.05. The van der Waals surface area contributed by atoms with E-state index in [0.717, 1.165) is 0 Å². The van der Waals surface area contributed by atoms with E-state index in [0.29, 0.717) is 30.5 Å². The molecule has 1 fully saturated rings. The molecule has 8 heteroatoms. The van der Waals surface area contributed by atoms with Crippen molar-refractivity contribution in [1.82, 2.24) is 9.97 Å². The molecule has 2 heterocycles. The first-order valence-corrected chi connectivity index (χ1v) is 7.97. The van der Waals surface area contributed by atoms with E-state index in [-0.39, 0.29) is 17.5 Å². The molecule has 1 aromatic heterocycles. The molecule has 0 aromatic carbocycles. The maximum absolute atomic E-state index is 11.6. The van der Waals surface area contributed by atoms with E-state index in [1.54, 1.807) is 0 Å². The van der Waals surface area contributed by atoms with Crippen LogP contribution < -0.4 is 15.4 Å². The van der Waals surface area contributed by atoms with Crippen LogP contribution in [0.25, 0.3) is 0 Å². The van der Waals surface area contributed by atoms with Gasteiger partial charge >= 0.3 is 0 Å². The summed E-state index contributed by atoms with van der Waals surface area (Å²) >= 11 is 0. The van der Waals surface area contributed by atoms with Crippen molar-refractivity contribution in [2.24, 2.45) is 0 Å². The Bertz CT molecular complexity index is 561. The summed E-state index contributed by atoms with van der Waals surface area (Å²) in [5, 5.41) is 0. The van der Waals surface area contributed by atoms with Gasteiger partial charge in [-0.3, -0.25) is 0 Å². The fraction of sp³-hybridized carbons (Fsp3) is 0.636. The molecule has 19 heavy (non-hydrogen) atoms. The highest BCUT2D eigenvalue weighted by molar-refractivity contribution is 7.91. The molecule has 2 rings (SSSR count). The monoisotopic (exact) mass is 286 g/mol. The molecule has 7 nitrogen and oxygen atoms in total. The van der Waals surface area contributed by atoms with Gasteiger partial charge in [0, 0.05) is 12.6 Å². The lowest BCUT2D eigenvalue weighted by molar-refractivity contribution is 0.328. The Morgan fingerprint density at radius 1 is 1.53 bits per heavy atom. The highest BCUT2D eigenvalue weighted by Gasteiger charge is 2.30. The van der Waals surface area contributed by atoms with Crippen LogP contribution in [0.4, 0.5) is 11.5 Å². The second-order valence-electron chi connectivity index (χ2n) is 4.51. The predicted octanol–water partition coefficient (Wildman–Crippen LogP) is 0.0808. The molecule has 1 aliphatic rings. The largest absolute Gasteiger partial charge is 0.476 e. The first-order valence-electron chi connectivity index (χ1n) is 6.15. The van der Waals surface area contributed by atoms with E-state index in [1.165, 1.54) is 6.33 Å². The van der Waals surface area contributed by atoms with Crippen LogP contribution in [0, 0.1) is 0 Å². The number of anilines is 2. The number of nitrogen functional groups attached to an aromatic ring is 1. The molecule has 0 saturated carbocycles. The van der Waals surface area contributed by atoms with E-state index in [4.69, 9.17) is 10.5 Å². The lowest BCUT2D eigenvalue weighted by atomic mass is 10.3. The predicted molar refractivity (Wildman–Crippen MR) is 73.1 cm³/mol. The average Bonchev–Trinajstić information content (AvgIpc) is 2.32. The van der Waals surface area contributed by atoms with Crippen LogP contribution in [-0.2, 0) is 9.84 Å². The fourth-order valence-corrected chi connectivity index (χ4v) is 3.72. The molecular weight excluding hydrogens is 268 g/mol. The number of ether oxygens (including phenoxy) is 1. The van der Waals surface area contributed by atoms with Crippen LogP contribution >= 0.6 is 0 Å². The van der Waals surface area contributed by atoms with Gasteiger partial charge in [-0.2, -0.15) is 4.98 Å². The van der Waals surface area contributed by atoms with Gasteiger partial charge in [0.05, 0.1) is 18.1 Å². The molecule has 0 aliphatic carbocycles. The van der Waals surface area contributed by atoms with E-state index in [1.807, 2.05) is 18.7 Å². The summed E-state index contributed by atoms with van der Waals surface area (Å²) < 4.78 is 28.5. The number of aromatic nitrogens is 2. The summed E-state index contributed by atoms with van der Waals surface area (Å²) in [5.41, 5.74) is 6.35. The van der Waals surface area contributed by atoms with Crippen LogP contribution in [0.15, 0.2) is 6.33 Å². The van der Waals surface area contributed by atoms with Gasteiger partial charge in [-0.15, -0.1) is 0 Å². The van der Waals surface area contributed by atoms with Gasteiger partial charge in [-0.25, -0.2) is 13.4 Å². The van der Waals surface area contributed by atoms with Crippen molar-refractivity contribution in [3.8, 4) is 5.88 Å². The van der Waals surface area contributed by atoms with E-state index in [9.17, 15) is 8.42 Å². The van der Waals surface area contributed by atoms with E-state index in [2.05, 4.69) is 9.97 Å². The van der Waals surface area contributed by atoms with Gasteiger partial charge in [-0.1, -0.05) is 0 Å². The standard InChI is InChI=1S/C11H18N4O3S/c1-3-18-11-9(12)10(13-7-14-11)15-4-5-19(16,17)6-8(15)2/h7-8H,3-6,12H2,1-2H3. The lowest BCUT2D eigenvalue weighted by Gasteiger charge is -2.34. The third-order valence-corrected chi connectivity index (χ3v) is 4.84. The zero-order valence-electron chi connectivity index (χ0n) is 11.0. The van der Waals surface area contributed by atoms with Crippen molar-refractivity contribution in [1.29, 1.82) is 0 Å². The van der Waals surface area contributed by atoms with Crippen molar-refractivity contribution in [2.75, 3.05) is 35.3 Å². The molecule has 0 bridgehead atoms. The second-order valence-corrected chi connectivity index (χ2v) is 6.73. The molecule has 0 amide bonds. The minimum atomic E-state index is -2.96. The van der Waals surface area contributed by atoms with E-state index >= 15 is 0 Å². The van der Waals surface area contributed by atoms with Gasteiger partial charge < -0.3 is 15.4 Å². The van der Waals surface area contributed by atoms with Crippen molar-refractivity contribution < 1.29 is 13.2 Å². The first-order chi connectivity index (χ1) is 8.94. The maximum atomic E-state index is 11.6. The highest BCUT2D eigenvalue weighted by Crippen LogP contribution is 2.30. The molecule has 2 N–H and O–H groups in total. The Balaban J connectivity index is 2.30. The molecule has 1 unspecified atom stereocenters. The van der Waals surface area contributed by atoms with Crippen molar-refractivity contribution in [3.63, 3.8) is 0 Å². The Kier molecular flexibility index (Phi) is 3.79. The third kappa shape index (κ3) is 2.89. The van der Waals surface area contributed by atoms with Crippen LogP contribution in [-0.4, -0.2) is 49.1 Å². The number of nitrogens with zero attached hydrogens (tertiary/aromatic N) is 3. The highest BCUT2D eigenvalue weighted by atomic mass is 32.2. The van der Waals surface area contributed by atoms with Gasteiger partial charge in [0.2, 0.25) is 5.88 Å². The molecule has 1 aliphatic heterocycles. The summed E-state index contributed by atoms with van der Waals surface area (Å²) in [5.74, 6) is 1.11. The summed E-state index contributed by atoms with van der Waals surface area (Å²) in [4.78, 5) is 10.0. The number of nitrogens with two attached hydrogens (primary N) is 1. The Morgan fingerprint density at radius 3 is 2.89 bits per heavy atom. The van der Waals surface area contributed by atoms with Gasteiger partial charge in [0.15, 0.2) is 15.7 Å². The molecule has 1 aromatic rings. The van der Waals surface area contributed by atoms with Crippen LogP contribution in [0.2, 0.25) is 0 Å². The Labute approximate surface area is 112 Å². The zero-order valence-corrected chi connectivity index (χ0v) is 11.9. The maximum Gasteiger partial charge on any atom is 0.242 e. The van der Waals surface area contributed by atoms with Crippen LogP contribution in [0.3, 0.4) is 0 Å². The number of sulfone groups is 1. The molecule has 106 valence electrons. The molecule has 1 atom stereocenters. The molecule has 0 radical (unpaired) electrons. The normalized spacial score (nSPS) is 22.2. The molecule has 0 spiro atoms. The summed E-state index contributed by atoms with van der Waals surface area (Å²) in [6, 6.07) is -0.162. The quantitative estimate of drug-likeness (QED) is 0.840. The van der Waals surface area contributed by atoms with Gasteiger partial charge in [0.1, 0.15) is 12.0 Å². The van der Waals surface area contributed by atoms with Crippen LogP contribution in [0.1, 0.15) is 13.8 Å². The molecule has 1 saturated heterocycles. The Hall–Kier alpha value is -1.57. The average molecular weight is 286 g/mol. The van der Waals surface area contributed by atoms with Gasteiger partial charge in [0.25, 0.3) is 0 Å². The minimum Gasteiger partial charge on any atom is -0.476 e. The minimum absolute atomic E-state index is 0.112. The topological polar surface area (TPSA) is 98.4 Å². The first kappa shape index (κ1) is 13.9. The smallest absolute Gasteiger partial charge is 0.242 e. The number of hydrogen-bond acceptors (Lipinski definition) is 7. The fourth-order valence-electron chi connectivity index (χ4n) is 2.16. The van der Waals surface area contributed by atoms with E-state index < -0.39 is 9.84 Å². The number of hydrogen-bond donors (Lipinski definition) is 1. The number of rotatable bonds is 3. The molecular formula is C11H18N4O3S. The van der Waals surface area contributed by atoms with Crippen molar-refractivity contribution in [2.45, 2.75) is 19.9 Å². The summed E-state index contributed by atoms with van der Waals surface area (Å²) in [6.45, 7) is 4.54. The Morgan fingerprint density at radius 2 is 2.26 bits per heavy atom. The van der Waals surface area contributed by atoms with Gasteiger partial charge in [-0.05, 0) is 13.8 Å². The summed E-state index contributed by atoms with van der Waals surface area (Å²) in [7, 11) is -2.96.